The third kappa shape index (κ3) is 6.38. The first kappa shape index (κ1) is 19.8. The summed E-state index contributed by atoms with van der Waals surface area (Å²) in [4.78, 5) is 37.0. The van der Waals surface area contributed by atoms with Crippen LogP contribution in [0.25, 0.3) is 0 Å². The van der Waals surface area contributed by atoms with Gasteiger partial charge in [0.15, 0.2) is 0 Å². The van der Waals surface area contributed by atoms with Crippen molar-refractivity contribution in [1.82, 2.24) is 10.2 Å². The first-order valence-corrected chi connectivity index (χ1v) is 8.67. The minimum atomic E-state index is -0.622. The Morgan fingerprint density at radius 3 is 2.54 bits per heavy atom. The van der Waals surface area contributed by atoms with Crippen LogP contribution in [0.4, 0.5) is 9.59 Å². The van der Waals surface area contributed by atoms with Crippen molar-refractivity contribution in [2.45, 2.75) is 45.4 Å². The molecular weight excluding hydrogens is 336 g/mol. The Morgan fingerprint density at radius 2 is 1.92 bits per heavy atom. The number of likely N-dealkylation sites (tertiary alicyclic amines) is 1. The number of aldehydes is 1. The molecule has 0 aromatic heterocycles. The Hall–Kier alpha value is -2.57. The summed E-state index contributed by atoms with van der Waals surface area (Å²) < 4.78 is 10.6. The maximum atomic E-state index is 12.3. The van der Waals surface area contributed by atoms with Gasteiger partial charge >= 0.3 is 12.2 Å². The Labute approximate surface area is 153 Å². The highest BCUT2D eigenvalue weighted by molar-refractivity contribution is 5.71. The van der Waals surface area contributed by atoms with Gasteiger partial charge in [0, 0.05) is 19.0 Å². The van der Waals surface area contributed by atoms with E-state index in [0.29, 0.717) is 6.42 Å². The SMILES string of the molecule is CC(C)(C)OC(=O)N1CC(NC(=O)OCc2ccccc2)C[C@@H](C=O)C1. The van der Waals surface area contributed by atoms with Gasteiger partial charge in [0.25, 0.3) is 0 Å². The predicted octanol–water partition coefficient (Wildman–Crippen LogP) is 2.74. The summed E-state index contributed by atoms with van der Waals surface area (Å²) in [6, 6.07) is 8.98. The van der Waals surface area contributed by atoms with Crippen LogP contribution >= 0.6 is 0 Å². The number of hydrogen-bond donors (Lipinski definition) is 1. The zero-order valence-electron chi connectivity index (χ0n) is 15.4. The van der Waals surface area contributed by atoms with E-state index in [2.05, 4.69) is 5.32 Å². The summed E-state index contributed by atoms with van der Waals surface area (Å²) in [6.45, 7) is 6.07. The van der Waals surface area contributed by atoms with E-state index in [1.54, 1.807) is 20.8 Å². The maximum Gasteiger partial charge on any atom is 0.410 e. The molecule has 1 aromatic rings. The van der Waals surface area contributed by atoms with Crippen LogP contribution in [-0.2, 0) is 20.9 Å². The van der Waals surface area contributed by atoms with Crippen molar-refractivity contribution in [2.24, 2.45) is 5.92 Å². The van der Waals surface area contributed by atoms with Crippen LogP contribution < -0.4 is 5.32 Å². The lowest BCUT2D eigenvalue weighted by Crippen LogP contribution is -2.53. The monoisotopic (exact) mass is 362 g/mol. The van der Waals surface area contributed by atoms with E-state index < -0.39 is 17.8 Å². The molecule has 1 saturated heterocycles. The lowest BCUT2D eigenvalue weighted by atomic mass is 9.96. The molecule has 2 atom stereocenters. The summed E-state index contributed by atoms with van der Waals surface area (Å²) in [5, 5.41) is 2.73. The van der Waals surface area contributed by atoms with Crippen molar-refractivity contribution < 1.29 is 23.9 Å². The van der Waals surface area contributed by atoms with Gasteiger partial charge in [0.05, 0.1) is 6.04 Å². The average Bonchev–Trinajstić information content (AvgIpc) is 2.59. The molecule has 1 aliphatic rings. The molecule has 26 heavy (non-hydrogen) atoms. The topological polar surface area (TPSA) is 84.9 Å². The summed E-state index contributed by atoms with van der Waals surface area (Å²) in [6.07, 6.45) is 0.201. The van der Waals surface area contributed by atoms with Crippen molar-refractivity contribution >= 4 is 18.5 Å². The molecular formula is C19H26N2O5. The Balaban J connectivity index is 1.89. The quantitative estimate of drug-likeness (QED) is 0.833. The minimum absolute atomic E-state index is 0.159. The normalized spacial score (nSPS) is 20.2. The van der Waals surface area contributed by atoms with Crippen molar-refractivity contribution in [3.05, 3.63) is 35.9 Å². The van der Waals surface area contributed by atoms with Gasteiger partial charge in [-0.1, -0.05) is 30.3 Å². The fourth-order valence-corrected chi connectivity index (χ4v) is 2.75. The van der Waals surface area contributed by atoms with Gasteiger partial charge in [-0.3, -0.25) is 0 Å². The van der Waals surface area contributed by atoms with Gasteiger partial charge in [-0.05, 0) is 32.8 Å². The van der Waals surface area contributed by atoms with Gasteiger partial charge < -0.3 is 24.5 Å². The zero-order valence-corrected chi connectivity index (χ0v) is 15.4. The number of nitrogens with zero attached hydrogens (tertiary/aromatic N) is 1. The molecule has 7 nitrogen and oxygen atoms in total. The highest BCUT2D eigenvalue weighted by Crippen LogP contribution is 2.19. The first-order valence-electron chi connectivity index (χ1n) is 8.67. The highest BCUT2D eigenvalue weighted by atomic mass is 16.6. The molecule has 1 N–H and O–H groups in total. The van der Waals surface area contributed by atoms with Crippen LogP contribution in [0.2, 0.25) is 0 Å². The van der Waals surface area contributed by atoms with Crippen LogP contribution in [0.1, 0.15) is 32.8 Å². The van der Waals surface area contributed by atoms with Gasteiger partial charge in [0.2, 0.25) is 0 Å². The number of carbonyl (C=O) groups is 3. The fraction of sp³-hybridized carbons (Fsp3) is 0.526. The Kier molecular flexibility index (Phi) is 6.60. The summed E-state index contributed by atoms with van der Waals surface area (Å²) in [5.74, 6) is -0.351. The van der Waals surface area contributed by atoms with E-state index in [9.17, 15) is 14.4 Å². The molecule has 1 unspecified atom stereocenters. The minimum Gasteiger partial charge on any atom is -0.445 e. The molecule has 142 valence electrons. The van der Waals surface area contributed by atoms with Crippen LogP contribution in [0.5, 0.6) is 0 Å². The van der Waals surface area contributed by atoms with E-state index in [4.69, 9.17) is 9.47 Å². The van der Waals surface area contributed by atoms with Crippen molar-refractivity contribution in [3.63, 3.8) is 0 Å². The van der Waals surface area contributed by atoms with Crippen LogP contribution in [0.3, 0.4) is 0 Å². The Bertz CT molecular complexity index is 627. The lowest BCUT2D eigenvalue weighted by molar-refractivity contribution is -0.112. The number of benzene rings is 1. The van der Waals surface area contributed by atoms with Crippen molar-refractivity contribution in [2.75, 3.05) is 13.1 Å². The molecule has 0 bridgehead atoms. The Morgan fingerprint density at radius 1 is 1.23 bits per heavy atom. The van der Waals surface area contributed by atoms with Gasteiger partial charge in [-0.2, -0.15) is 0 Å². The summed E-state index contributed by atoms with van der Waals surface area (Å²) >= 11 is 0. The molecule has 0 saturated carbocycles. The average molecular weight is 362 g/mol. The number of piperidine rings is 1. The molecule has 1 heterocycles. The standard InChI is InChI=1S/C19H26N2O5/c1-19(2,3)26-18(24)21-10-15(12-22)9-16(11-21)20-17(23)25-13-14-7-5-4-6-8-14/h4-8,12,15-16H,9-11,13H2,1-3H3,(H,20,23)/t15-,16?/m1/s1. The zero-order chi connectivity index (χ0) is 19.2. The number of amides is 2. The van der Waals surface area contributed by atoms with E-state index >= 15 is 0 Å². The molecule has 0 radical (unpaired) electrons. The summed E-state index contributed by atoms with van der Waals surface area (Å²) in [7, 11) is 0. The van der Waals surface area contributed by atoms with Crippen LogP contribution in [0, 0.1) is 5.92 Å². The molecule has 1 aromatic carbocycles. The number of ether oxygens (including phenoxy) is 2. The van der Waals surface area contributed by atoms with Crippen molar-refractivity contribution in [1.29, 1.82) is 0 Å². The van der Waals surface area contributed by atoms with Crippen molar-refractivity contribution in [3.8, 4) is 0 Å². The van der Waals surface area contributed by atoms with E-state index in [-0.39, 0.29) is 31.7 Å². The molecule has 7 heteroatoms. The third-order valence-electron chi connectivity index (χ3n) is 3.86. The first-order chi connectivity index (χ1) is 12.3. The second-order valence-electron chi connectivity index (χ2n) is 7.42. The van der Waals surface area contributed by atoms with Gasteiger partial charge in [-0.15, -0.1) is 0 Å². The van der Waals surface area contributed by atoms with Gasteiger partial charge in [0.1, 0.15) is 18.5 Å². The molecule has 1 fully saturated rings. The fourth-order valence-electron chi connectivity index (χ4n) is 2.75. The second kappa shape index (κ2) is 8.69. The molecule has 0 aliphatic carbocycles. The highest BCUT2D eigenvalue weighted by Gasteiger charge is 2.33. The van der Waals surface area contributed by atoms with Gasteiger partial charge in [-0.25, -0.2) is 9.59 Å². The number of alkyl carbamates (subject to hydrolysis) is 1. The van der Waals surface area contributed by atoms with E-state index in [0.717, 1.165) is 11.8 Å². The molecule has 2 amide bonds. The smallest absolute Gasteiger partial charge is 0.410 e. The predicted molar refractivity (Wildman–Crippen MR) is 95.5 cm³/mol. The number of carbonyl (C=O) groups excluding carboxylic acids is 3. The maximum absolute atomic E-state index is 12.3. The largest absolute Gasteiger partial charge is 0.445 e. The van der Waals surface area contributed by atoms with E-state index in [1.165, 1.54) is 4.90 Å². The number of rotatable bonds is 4. The molecule has 0 spiro atoms. The van der Waals surface area contributed by atoms with Crippen LogP contribution in [-0.4, -0.2) is 48.1 Å². The second-order valence-corrected chi connectivity index (χ2v) is 7.42. The molecule has 2 rings (SSSR count). The third-order valence-corrected chi connectivity index (χ3v) is 3.86. The molecule has 1 aliphatic heterocycles. The summed E-state index contributed by atoms with van der Waals surface area (Å²) in [5.41, 5.74) is 0.260. The lowest BCUT2D eigenvalue weighted by Gasteiger charge is -2.36. The van der Waals surface area contributed by atoms with E-state index in [1.807, 2.05) is 30.3 Å². The number of hydrogen-bond acceptors (Lipinski definition) is 5. The van der Waals surface area contributed by atoms with Crippen LogP contribution in [0.15, 0.2) is 30.3 Å². The number of nitrogens with one attached hydrogen (secondary N) is 1.